The van der Waals surface area contributed by atoms with Crippen LogP contribution in [0.3, 0.4) is 0 Å². The van der Waals surface area contributed by atoms with Gasteiger partial charge in [0.2, 0.25) is 12.5 Å². The number of benzene rings is 1. The Kier molecular flexibility index (Phi) is 2.00. The lowest BCUT2D eigenvalue weighted by atomic mass is 10.1. The minimum Gasteiger partial charge on any atom is -0.493 e. The fraction of sp³-hybridized carbons (Fsp3) is 0.400. The summed E-state index contributed by atoms with van der Waals surface area (Å²) in [7, 11) is 1.64. The van der Waals surface area contributed by atoms with E-state index in [2.05, 4.69) is 6.92 Å². The normalized spacial score (nSPS) is 13.1. The second kappa shape index (κ2) is 3.17. The van der Waals surface area contributed by atoms with E-state index in [0.29, 0.717) is 6.79 Å². The molecule has 0 spiro atoms. The third-order valence-electron chi connectivity index (χ3n) is 2.13. The molecule has 0 atom stereocenters. The van der Waals surface area contributed by atoms with Crippen molar-refractivity contribution < 1.29 is 14.2 Å². The molecule has 0 amide bonds. The van der Waals surface area contributed by atoms with Crippen LogP contribution in [0.1, 0.15) is 12.5 Å². The SMILES string of the molecule is CCc1cc(OC)c2c(c1)OCO2. The summed E-state index contributed by atoms with van der Waals surface area (Å²) in [5.74, 6) is 2.27. The standard InChI is InChI=1S/C10H12O3/c1-3-7-4-8(11-2)10-9(5-7)12-6-13-10/h4-5H,3,6H2,1-2H3. The van der Waals surface area contributed by atoms with E-state index >= 15 is 0 Å². The summed E-state index contributed by atoms with van der Waals surface area (Å²) < 4.78 is 15.7. The summed E-state index contributed by atoms with van der Waals surface area (Å²) >= 11 is 0. The quantitative estimate of drug-likeness (QED) is 0.696. The first-order valence-electron chi connectivity index (χ1n) is 4.31. The first-order valence-corrected chi connectivity index (χ1v) is 4.31. The third kappa shape index (κ3) is 1.30. The second-order valence-corrected chi connectivity index (χ2v) is 2.89. The third-order valence-corrected chi connectivity index (χ3v) is 2.13. The van der Waals surface area contributed by atoms with Crippen molar-refractivity contribution in [2.45, 2.75) is 13.3 Å². The lowest BCUT2D eigenvalue weighted by Crippen LogP contribution is -1.93. The van der Waals surface area contributed by atoms with E-state index in [0.717, 1.165) is 23.7 Å². The largest absolute Gasteiger partial charge is 0.493 e. The van der Waals surface area contributed by atoms with Gasteiger partial charge in [0, 0.05) is 0 Å². The van der Waals surface area contributed by atoms with Gasteiger partial charge in [-0.05, 0) is 24.1 Å². The molecule has 0 aliphatic carbocycles. The minimum atomic E-state index is 0.291. The molecular formula is C10H12O3. The number of methoxy groups -OCH3 is 1. The van der Waals surface area contributed by atoms with Crippen molar-refractivity contribution in [2.24, 2.45) is 0 Å². The molecule has 70 valence electrons. The van der Waals surface area contributed by atoms with Crippen LogP contribution in [0.25, 0.3) is 0 Å². The molecule has 0 fully saturated rings. The molecular weight excluding hydrogens is 168 g/mol. The molecule has 0 radical (unpaired) electrons. The first-order chi connectivity index (χ1) is 6.35. The van der Waals surface area contributed by atoms with Gasteiger partial charge in [0.05, 0.1) is 7.11 Å². The Morgan fingerprint density at radius 2 is 2.23 bits per heavy atom. The molecule has 0 aromatic heterocycles. The van der Waals surface area contributed by atoms with Gasteiger partial charge in [0.25, 0.3) is 0 Å². The highest BCUT2D eigenvalue weighted by Gasteiger charge is 2.19. The number of aryl methyl sites for hydroxylation is 1. The van der Waals surface area contributed by atoms with Crippen molar-refractivity contribution in [3.8, 4) is 17.2 Å². The van der Waals surface area contributed by atoms with E-state index in [1.165, 1.54) is 5.56 Å². The monoisotopic (exact) mass is 180 g/mol. The zero-order valence-electron chi connectivity index (χ0n) is 7.79. The maximum absolute atomic E-state index is 5.28. The maximum atomic E-state index is 5.28. The zero-order valence-corrected chi connectivity index (χ0v) is 7.79. The van der Waals surface area contributed by atoms with Crippen LogP contribution in [0.15, 0.2) is 12.1 Å². The Balaban J connectivity index is 2.49. The lowest BCUT2D eigenvalue weighted by Gasteiger charge is -2.06. The van der Waals surface area contributed by atoms with E-state index in [1.54, 1.807) is 7.11 Å². The highest BCUT2D eigenvalue weighted by molar-refractivity contribution is 5.55. The van der Waals surface area contributed by atoms with Gasteiger partial charge in [-0.3, -0.25) is 0 Å². The van der Waals surface area contributed by atoms with Crippen LogP contribution in [0.5, 0.6) is 17.2 Å². The molecule has 1 aromatic carbocycles. The van der Waals surface area contributed by atoms with Crippen LogP contribution >= 0.6 is 0 Å². The van der Waals surface area contributed by atoms with Crippen LogP contribution in [0, 0.1) is 0 Å². The van der Waals surface area contributed by atoms with Gasteiger partial charge in [0.15, 0.2) is 11.5 Å². The van der Waals surface area contributed by atoms with Gasteiger partial charge in [-0.2, -0.15) is 0 Å². The second-order valence-electron chi connectivity index (χ2n) is 2.89. The Morgan fingerprint density at radius 1 is 1.38 bits per heavy atom. The molecule has 2 rings (SSSR count). The summed E-state index contributed by atoms with van der Waals surface area (Å²) in [4.78, 5) is 0. The van der Waals surface area contributed by atoms with Crippen molar-refractivity contribution >= 4 is 0 Å². The van der Waals surface area contributed by atoms with Gasteiger partial charge in [-0.1, -0.05) is 6.92 Å². The zero-order chi connectivity index (χ0) is 9.26. The highest BCUT2D eigenvalue weighted by atomic mass is 16.7. The Hall–Kier alpha value is -1.38. The number of rotatable bonds is 2. The molecule has 0 unspecified atom stereocenters. The fourth-order valence-electron chi connectivity index (χ4n) is 1.39. The van der Waals surface area contributed by atoms with Gasteiger partial charge in [-0.25, -0.2) is 0 Å². The lowest BCUT2D eigenvalue weighted by molar-refractivity contribution is 0.171. The maximum Gasteiger partial charge on any atom is 0.231 e. The van der Waals surface area contributed by atoms with Gasteiger partial charge in [0.1, 0.15) is 0 Å². The van der Waals surface area contributed by atoms with E-state index in [4.69, 9.17) is 14.2 Å². The molecule has 0 bridgehead atoms. The molecule has 1 heterocycles. The van der Waals surface area contributed by atoms with Crippen LogP contribution in [0.2, 0.25) is 0 Å². The summed E-state index contributed by atoms with van der Waals surface area (Å²) in [5.41, 5.74) is 1.20. The van der Waals surface area contributed by atoms with Crippen LogP contribution in [-0.2, 0) is 6.42 Å². The highest BCUT2D eigenvalue weighted by Crippen LogP contribution is 2.41. The van der Waals surface area contributed by atoms with E-state index in [1.807, 2.05) is 12.1 Å². The summed E-state index contributed by atoms with van der Waals surface area (Å²) in [6, 6.07) is 3.97. The van der Waals surface area contributed by atoms with Crippen LogP contribution < -0.4 is 14.2 Å². The van der Waals surface area contributed by atoms with Gasteiger partial charge in [-0.15, -0.1) is 0 Å². The molecule has 1 aliphatic heterocycles. The minimum absolute atomic E-state index is 0.291. The number of fused-ring (bicyclic) bond motifs is 1. The van der Waals surface area contributed by atoms with Gasteiger partial charge < -0.3 is 14.2 Å². The molecule has 3 heteroatoms. The van der Waals surface area contributed by atoms with Gasteiger partial charge >= 0.3 is 0 Å². The van der Waals surface area contributed by atoms with Crippen molar-refractivity contribution in [3.05, 3.63) is 17.7 Å². The number of ether oxygens (including phenoxy) is 3. The van der Waals surface area contributed by atoms with Crippen molar-refractivity contribution in [2.75, 3.05) is 13.9 Å². The molecule has 1 aromatic rings. The van der Waals surface area contributed by atoms with E-state index in [-0.39, 0.29) is 0 Å². The molecule has 0 saturated carbocycles. The van der Waals surface area contributed by atoms with Crippen LogP contribution in [0.4, 0.5) is 0 Å². The smallest absolute Gasteiger partial charge is 0.231 e. The van der Waals surface area contributed by atoms with Crippen LogP contribution in [-0.4, -0.2) is 13.9 Å². The van der Waals surface area contributed by atoms with E-state index < -0.39 is 0 Å². The molecule has 3 nitrogen and oxygen atoms in total. The fourth-order valence-corrected chi connectivity index (χ4v) is 1.39. The number of hydrogen-bond donors (Lipinski definition) is 0. The Labute approximate surface area is 77.2 Å². The van der Waals surface area contributed by atoms with Crippen molar-refractivity contribution in [3.63, 3.8) is 0 Å². The summed E-state index contributed by atoms with van der Waals surface area (Å²) in [6.07, 6.45) is 0.965. The van der Waals surface area contributed by atoms with Crippen molar-refractivity contribution in [1.82, 2.24) is 0 Å². The summed E-state index contributed by atoms with van der Waals surface area (Å²) in [5, 5.41) is 0. The molecule has 13 heavy (non-hydrogen) atoms. The molecule has 0 N–H and O–H groups in total. The topological polar surface area (TPSA) is 27.7 Å². The van der Waals surface area contributed by atoms with Crippen molar-refractivity contribution in [1.29, 1.82) is 0 Å². The summed E-state index contributed by atoms with van der Waals surface area (Å²) in [6.45, 7) is 2.38. The predicted octanol–water partition coefficient (Wildman–Crippen LogP) is 1.99. The molecule has 0 saturated heterocycles. The predicted molar refractivity (Wildman–Crippen MR) is 48.5 cm³/mol. The van der Waals surface area contributed by atoms with E-state index in [9.17, 15) is 0 Å². The average Bonchev–Trinajstić information content (AvgIpc) is 2.63. The molecule has 1 aliphatic rings. The number of hydrogen-bond acceptors (Lipinski definition) is 3. The average molecular weight is 180 g/mol. The Morgan fingerprint density at radius 3 is 2.92 bits per heavy atom. The Bertz CT molecular complexity index is 320. The first kappa shape index (κ1) is 8.23.